The molecule has 0 aliphatic rings. The van der Waals surface area contributed by atoms with Gasteiger partial charge >= 0.3 is 5.97 Å². The van der Waals surface area contributed by atoms with E-state index >= 15 is 0 Å². The Morgan fingerprint density at radius 1 is 1.06 bits per heavy atom. The maximum Gasteiger partial charge on any atom is 0.339 e. The molecule has 0 radical (unpaired) electrons. The highest BCUT2D eigenvalue weighted by Gasteiger charge is 2.21. The molecule has 0 amide bonds. The van der Waals surface area contributed by atoms with Gasteiger partial charge < -0.3 is 20.3 Å². The first-order valence-corrected chi connectivity index (χ1v) is 12.5. The van der Waals surface area contributed by atoms with Crippen molar-refractivity contribution >= 4 is 27.4 Å². The smallest absolute Gasteiger partial charge is 0.339 e. The number of hydrogen-bond acceptors (Lipinski definition) is 6. The number of aryl methyl sites for hydroxylation is 1. The number of sulfone groups is 1. The Morgan fingerprint density at radius 2 is 1.76 bits per heavy atom. The summed E-state index contributed by atoms with van der Waals surface area (Å²) in [6, 6.07) is 17.4. The molecular weight excluding hydrogens is 478 g/mol. The van der Waals surface area contributed by atoms with Gasteiger partial charge in [0.05, 0.1) is 23.0 Å². The van der Waals surface area contributed by atoms with Crippen LogP contribution < -0.4 is 10.1 Å². The largest absolute Gasteiger partial charge is 0.496 e. The Bertz CT molecular complexity index is 1240. The second-order valence-electron chi connectivity index (χ2n) is 7.69. The van der Waals surface area contributed by atoms with Gasteiger partial charge in [-0.15, -0.1) is 0 Å². The molecular formula is C25H26ClNO6S. The van der Waals surface area contributed by atoms with Crippen molar-refractivity contribution in [2.75, 3.05) is 20.2 Å². The van der Waals surface area contributed by atoms with Gasteiger partial charge in [0.1, 0.15) is 11.3 Å². The summed E-state index contributed by atoms with van der Waals surface area (Å²) < 4.78 is 30.9. The van der Waals surface area contributed by atoms with Gasteiger partial charge in [0, 0.05) is 11.6 Å². The Morgan fingerprint density at radius 3 is 2.41 bits per heavy atom. The standard InChI is InChI=1S/C25H26ClNO6S/c1-33-24-12-11-21(15-22(24)25(29)30)34(31,32)20-9-7-17(8-10-20)4-3-13-27-16-23(28)18-5-2-6-19(26)14-18/h2,5-12,14-15,23,27-28H,3-4,13,16H2,1H3,(H,29,30)/t23-/m1/s1. The number of aliphatic hydroxyl groups is 1. The van der Waals surface area contributed by atoms with Crippen LogP contribution in [-0.4, -0.2) is 44.8 Å². The number of aliphatic hydroxyl groups excluding tert-OH is 1. The van der Waals surface area contributed by atoms with Gasteiger partial charge in [0.2, 0.25) is 9.84 Å². The number of hydrogen-bond donors (Lipinski definition) is 3. The van der Waals surface area contributed by atoms with Crippen LogP contribution in [0, 0.1) is 0 Å². The van der Waals surface area contributed by atoms with Crippen LogP contribution in [0.3, 0.4) is 0 Å². The lowest BCUT2D eigenvalue weighted by Gasteiger charge is -2.12. The first-order chi connectivity index (χ1) is 16.2. The molecule has 9 heteroatoms. The number of carboxylic acid groups (broad SMARTS) is 1. The van der Waals surface area contributed by atoms with E-state index in [1.54, 1.807) is 30.3 Å². The van der Waals surface area contributed by atoms with Crippen molar-refractivity contribution in [3.63, 3.8) is 0 Å². The molecule has 7 nitrogen and oxygen atoms in total. The molecule has 0 saturated carbocycles. The average Bonchev–Trinajstić information content (AvgIpc) is 2.83. The number of benzene rings is 3. The number of nitrogens with one attached hydrogen (secondary N) is 1. The first-order valence-electron chi connectivity index (χ1n) is 10.6. The molecule has 3 N–H and O–H groups in total. The van der Waals surface area contributed by atoms with Crippen molar-refractivity contribution in [1.29, 1.82) is 0 Å². The number of methoxy groups -OCH3 is 1. The third kappa shape index (κ3) is 6.36. The van der Waals surface area contributed by atoms with E-state index in [4.69, 9.17) is 16.3 Å². The van der Waals surface area contributed by atoms with Gasteiger partial charge in [-0.2, -0.15) is 0 Å². The fourth-order valence-electron chi connectivity index (χ4n) is 3.48. The van der Waals surface area contributed by atoms with Crippen LogP contribution in [0.5, 0.6) is 5.75 Å². The predicted molar refractivity (Wildman–Crippen MR) is 129 cm³/mol. The van der Waals surface area contributed by atoms with Crippen molar-refractivity contribution in [3.05, 3.63) is 88.4 Å². The minimum atomic E-state index is -3.87. The monoisotopic (exact) mass is 503 g/mol. The van der Waals surface area contributed by atoms with E-state index in [-0.39, 0.29) is 21.1 Å². The molecule has 1 atom stereocenters. The molecule has 3 aromatic carbocycles. The zero-order valence-electron chi connectivity index (χ0n) is 18.6. The fraction of sp³-hybridized carbons (Fsp3) is 0.240. The minimum absolute atomic E-state index is 0.0838. The van der Waals surface area contributed by atoms with Gasteiger partial charge in [-0.25, -0.2) is 13.2 Å². The van der Waals surface area contributed by atoms with E-state index in [1.807, 2.05) is 6.07 Å². The van der Waals surface area contributed by atoms with Crippen LogP contribution in [0.15, 0.2) is 76.5 Å². The predicted octanol–water partition coefficient (Wildman–Crippen LogP) is 4.14. The number of rotatable bonds is 11. The maximum atomic E-state index is 12.9. The quantitative estimate of drug-likeness (QED) is 0.337. The van der Waals surface area contributed by atoms with E-state index in [2.05, 4.69) is 5.32 Å². The van der Waals surface area contributed by atoms with Crippen molar-refractivity contribution in [3.8, 4) is 5.75 Å². The molecule has 0 spiro atoms. The Balaban J connectivity index is 1.55. The fourth-order valence-corrected chi connectivity index (χ4v) is 4.97. The molecule has 3 aromatic rings. The van der Waals surface area contributed by atoms with Crippen molar-refractivity contribution in [2.24, 2.45) is 0 Å². The molecule has 0 fully saturated rings. The zero-order chi connectivity index (χ0) is 24.7. The van der Waals surface area contributed by atoms with Crippen molar-refractivity contribution in [2.45, 2.75) is 28.7 Å². The SMILES string of the molecule is COc1ccc(S(=O)(=O)c2ccc(CCCNC[C@@H](O)c3cccc(Cl)c3)cc2)cc1C(=O)O. The van der Waals surface area contributed by atoms with Gasteiger partial charge in [0.25, 0.3) is 0 Å². The highest BCUT2D eigenvalue weighted by molar-refractivity contribution is 7.91. The Kier molecular flexibility index (Phi) is 8.68. The third-order valence-electron chi connectivity index (χ3n) is 5.34. The molecule has 0 heterocycles. The van der Waals surface area contributed by atoms with Crippen LogP contribution in [0.25, 0.3) is 0 Å². The maximum absolute atomic E-state index is 12.9. The molecule has 0 aliphatic carbocycles. The first kappa shape index (κ1) is 25.7. The van der Waals surface area contributed by atoms with Crippen molar-refractivity contribution in [1.82, 2.24) is 5.32 Å². The normalized spacial score (nSPS) is 12.3. The van der Waals surface area contributed by atoms with E-state index in [9.17, 15) is 23.4 Å². The number of carboxylic acids is 1. The number of aromatic carboxylic acids is 1. The molecule has 0 saturated heterocycles. The van der Waals surface area contributed by atoms with E-state index in [1.165, 1.54) is 31.4 Å². The van der Waals surface area contributed by atoms with Crippen LogP contribution in [0.2, 0.25) is 5.02 Å². The molecule has 0 bridgehead atoms. The highest BCUT2D eigenvalue weighted by Crippen LogP contribution is 2.27. The molecule has 0 aliphatic heterocycles. The average molecular weight is 504 g/mol. The molecule has 34 heavy (non-hydrogen) atoms. The number of ether oxygens (including phenoxy) is 1. The summed E-state index contributed by atoms with van der Waals surface area (Å²) >= 11 is 5.95. The summed E-state index contributed by atoms with van der Waals surface area (Å²) in [7, 11) is -2.55. The highest BCUT2D eigenvalue weighted by atomic mass is 35.5. The number of halogens is 1. The van der Waals surface area contributed by atoms with Crippen LogP contribution in [0.1, 0.15) is 34.0 Å². The third-order valence-corrected chi connectivity index (χ3v) is 7.34. The second-order valence-corrected chi connectivity index (χ2v) is 10.1. The summed E-state index contributed by atoms with van der Waals surface area (Å²) in [4.78, 5) is 11.4. The van der Waals surface area contributed by atoms with Gasteiger partial charge in [0.15, 0.2) is 0 Å². The summed E-state index contributed by atoms with van der Waals surface area (Å²) in [5.41, 5.74) is 1.51. The van der Waals surface area contributed by atoms with Crippen LogP contribution >= 0.6 is 11.6 Å². The Labute approximate surface area is 203 Å². The van der Waals surface area contributed by atoms with E-state index < -0.39 is 21.9 Å². The van der Waals surface area contributed by atoms with E-state index in [0.717, 1.165) is 30.0 Å². The van der Waals surface area contributed by atoms with Gasteiger partial charge in [-0.05, 0) is 73.0 Å². The lowest BCUT2D eigenvalue weighted by atomic mass is 10.1. The van der Waals surface area contributed by atoms with Gasteiger partial charge in [-0.3, -0.25) is 0 Å². The lowest BCUT2D eigenvalue weighted by Crippen LogP contribution is -2.22. The summed E-state index contributed by atoms with van der Waals surface area (Å²) in [6.45, 7) is 1.08. The second kappa shape index (κ2) is 11.5. The molecule has 180 valence electrons. The molecule has 0 aromatic heterocycles. The number of carbonyl (C=O) groups is 1. The zero-order valence-corrected chi connectivity index (χ0v) is 20.1. The molecule has 3 rings (SSSR count). The van der Waals surface area contributed by atoms with Crippen LogP contribution in [-0.2, 0) is 16.3 Å². The van der Waals surface area contributed by atoms with Crippen LogP contribution in [0.4, 0.5) is 0 Å². The topological polar surface area (TPSA) is 113 Å². The van der Waals surface area contributed by atoms with E-state index in [0.29, 0.717) is 18.1 Å². The van der Waals surface area contributed by atoms with Crippen molar-refractivity contribution < 1.29 is 28.2 Å². The minimum Gasteiger partial charge on any atom is -0.496 e. The summed E-state index contributed by atoms with van der Waals surface area (Å²) in [6.07, 6.45) is 0.879. The molecule has 0 unspecified atom stereocenters. The van der Waals surface area contributed by atoms with Gasteiger partial charge in [-0.1, -0.05) is 35.9 Å². The lowest BCUT2D eigenvalue weighted by molar-refractivity contribution is 0.0693. The summed E-state index contributed by atoms with van der Waals surface area (Å²) in [5, 5.41) is 23.3. The Hall–Kier alpha value is -2.91. The summed E-state index contributed by atoms with van der Waals surface area (Å²) in [5.74, 6) is -1.17.